The van der Waals surface area contributed by atoms with Gasteiger partial charge in [0.2, 0.25) is 5.91 Å². The molecule has 0 aliphatic carbocycles. The van der Waals surface area contributed by atoms with Crippen LogP contribution in [-0.2, 0) is 11.3 Å². The minimum absolute atomic E-state index is 0.122. The zero-order chi connectivity index (χ0) is 14.2. The number of carbonyl (C=O) groups excluding carboxylic acids is 1. The van der Waals surface area contributed by atoms with E-state index < -0.39 is 0 Å². The van der Waals surface area contributed by atoms with Crippen LogP contribution in [0.4, 0.5) is 0 Å². The molecule has 1 aromatic rings. The predicted molar refractivity (Wildman–Crippen MR) is 80.1 cm³/mol. The van der Waals surface area contributed by atoms with E-state index in [-0.39, 0.29) is 11.9 Å². The van der Waals surface area contributed by atoms with Crippen LogP contribution in [0.2, 0.25) is 0 Å². The quantitative estimate of drug-likeness (QED) is 0.836. The number of nitrogens with zero attached hydrogens (tertiary/aromatic N) is 2. The van der Waals surface area contributed by atoms with Crippen molar-refractivity contribution in [2.24, 2.45) is 0 Å². The highest BCUT2D eigenvalue weighted by molar-refractivity contribution is 5.77. The summed E-state index contributed by atoms with van der Waals surface area (Å²) >= 11 is 0. The highest BCUT2D eigenvalue weighted by atomic mass is 16.1. The van der Waals surface area contributed by atoms with Crippen molar-refractivity contribution >= 4 is 5.91 Å². The van der Waals surface area contributed by atoms with Gasteiger partial charge < -0.3 is 5.32 Å². The molecule has 1 fully saturated rings. The monoisotopic (exact) mass is 273 g/mol. The Balaban J connectivity index is 1.81. The van der Waals surface area contributed by atoms with E-state index in [0.29, 0.717) is 6.42 Å². The van der Waals surface area contributed by atoms with Crippen molar-refractivity contribution < 1.29 is 4.79 Å². The number of amides is 1. The van der Waals surface area contributed by atoms with E-state index in [1.165, 1.54) is 5.56 Å². The Labute approximate surface area is 120 Å². The molecule has 1 N–H and O–H groups in total. The molecule has 2 heterocycles. The summed E-state index contributed by atoms with van der Waals surface area (Å²) < 4.78 is 0. The van der Waals surface area contributed by atoms with Gasteiger partial charge in [-0.15, -0.1) is 0 Å². The third-order valence-electron chi connectivity index (χ3n) is 3.54. The van der Waals surface area contributed by atoms with Gasteiger partial charge in [-0.05, 0) is 37.9 Å². The molecule has 1 amide bonds. The van der Waals surface area contributed by atoms with Crippen LogP contribution in [0.5, 0.6) is 0 Å². The summed E-state index contributed by atoms with van der Waals surface area (Å²) in [5.41, 5.74) is 1.23. The fraction of sp³-hybridized carbons (Fsp3) is 0.500. The van der Waals surface area contributed by atoms with Gasteiger partial charge in [-0.2, -0.15) is 0 Å². The van der Waals surface area contributed by atoms with Crippen LogP contribution in [0.15, 0.2) is 36.7 Å². The second kappa shape index (κ2) is 7.80. The van der Waals surface area contributed by atoms with Gasteiger partial charge in [0.1, 0.15) is 0 Å². The van der Waals surface area contributed by atoms with E-state index in [1.807, 2.05) is 31.3 Å². The predicted octanol–water partition coefficient (Wildman–Crippen LogP) is 2.13. The molecule has 1 aliphatic heterocycles. The Bertz CT molecular complexity index is 444. The summed E-state index contributed by atoms with van der Waals surface area (Å²) in [6, 6.07) is 4.34. The molecule has 0 spiro atoms. The standard InChI is InChI=1S/C16H23N3O/c1-2-3-8-16(20)18-15-7-5-10-19(13-15)12-14-6-4-9-17-11-14/h2-4,6,9,11,15H,5,7-8,10,12-13H2,1H3,(H,18,20)/b3-2+/t15-/m1/s1. The van der Waals surface area contributed by atoms with E-state index in [4.69, 9.17) is 0 Å². The second-order valence-electron chi connectivity index (χ2n) is 5.28. The van der Waals surface area contributed by atoms with Gasteiger partial charge in [0.25, 0.3) is 0 Å². The fourth-order valence-corrected chi connectivity index (χ4v) is 2.58. The average molecular weight is 273 g/mol. The number of likely N-dealkylation sites (tertiary alicyclic amines) is 1. The molecule has 0 saturated carbocycles. The topological polar surface area (TPSA) is 45.2 Å². The maximum atomic E-state index is 11.7. The summed E-state index contributed by atoms with van der Waals surface area (Å²) in [6.45, 7) is 4.87. The lowest BCUT2D eigenvalue weighted by atomic mass is 10.0. The molecule has 4 nitrogen and oxygen atoms in total. The van der Waals surface area contributed by atoms with Crippen molar-refractivity contribution in [1.29, 1.82) is 0 Å². The summed E-state index contributed by atoms with van der Waals surface area (Å²) in [5, 5.41) is 3.12. The molecule has 1 atom stereocenters. The first-order chi connectivity index (χ1) is 9.78. The molecule has 0 aromatic carbocycles. The first-order valence-corrected chi connectivity index (χ1v) is 7.29. The minimum atomic E-state index is 0.122. The molecule has 1 aromatic heterocycles. The van der Waals surface area contributed by atoms with Crippen molar-refractivity contribution in [1.82, 2.24) is 15.2 Å². The maximum Gasteiger partial charge on any atom is 0.224 e. The van der Waals surface area contributed by atoms with Crippen LogP contribution in [0.3, 0.4) is 0 Å². The van der Waals surface area contributed by atoms with Gasteiger partial charge in [-0.3, -0.25) is 14.7 Å². The molecule has 1 saturated heterocycles. The molecule has 2 rings (SSSR count). The van der Waals surface area contributed by atoms with Crippen LogP contribution >= 0.6 is 0 Å². The number of nitrogens with one attached hydrogen (secondary N) is 1. The zero-order valence-electron chi connectivity index (χ0n) is 12.1. The lowest BCUT2D eigenvalue weighted by Gasteiger charge is -2.33. The normalized spacial score (nSPS) is 20.1. The van der Waals surface area contributed by atoms with E-state index in [0.717, 1.165) is 32.5 Å². The molecule has 108 valence electrons. The third-order valence-corrected chi connectivity index (χ3v) is 3.54. The van der Waals surface area contributed by atoms with Gasteiger partial charge >= 0.3 is 0 Å². The van der Waals surface area contributed by atoms with Gasteiger partial charge in [-0.25, -0.2) is 0 Å². The van der Waals surface area contributed by atoms with Crippen molar-refractivity contribution in [2.45, 2.75) is 38.8 Å². The maximum absolute atomic E-state index is 11.7. The Morgan fingerprint density at radius 3 is 3.25 bits per heavy atom. The number of pyridine rings is 1. The second-order valence-corrected chi connectivity index (χ2v) is 5.28. The smallest absolute Gasteiger partial charge is 0.224 e. The summed E-state index contributed by atoms with van der Waals surface area (Å²) in [4.78, 5) is 18.3. The SMILES string of the molecule is C/C=C/CC(=O)N[C@@H]1CCCN(Cc2cccnc2)C1. The van der Waals surface area contributed by atoms with E-state index in [2.05, 4.69) is 21.3 Å². The highest BCUT2D eigenvalue weighted by Crippen LogP contribution is 2.13. The number of piperidine rings is 1. The third kappa shape index (κ3) is 4.78. The van der Waals surface area contributed by atoms with Crippen molar-refractivity contribution in [3.8, 4) is 0 Å². The Hall–Kier alpha value is -1.68. The van der Waals surface area contributed by atoms with Crippen molar-refractivity contribution in [3.63, 3.8) is 0 Å². The average Bonchev–Trinajstić information content (AvgIpc) is 2.46. The molecule has 0 radical (unpaired) electrons. The lowest BCUT2D eigenvalue weighted by molar-refractivity contribution is -0.121. The van der Waals surface area contributed by atoms with Crippen LogP contribution in [0.25, 0.3) is 0 Å². The van der Waals surface area contributed by atoms with Crippen LogP contribution in [0.1, 0.15) is 31.7 Å². The number of aromatic nitrogens is 1. The molecule has 1 aliphatic rings. The van der Waals surface area contributed by atoms with E-state index >= 15 is 0 Å². The molecule has 4 heteroatoms. The first kappa shape index (κ1) is 14.7. The molecular formula is C16H23N3O. The lowest BCUT2D eigenvalue weighted by Crippen LogP contribution is -2.47. The number of rotatable bonds is 5. The molecule has 0 bridgehead atoms. The Morgan fingerprint density at radius 1 is 1.60 bits per heavy atom. The van der Waals surface area contributed by atoms with Crippen molar-refractivity contribution in [3.05, 3.63) is 42.2 Å². The Kier molecular flexibility index (Phi) is 5.74. The zero-order valence-corrected chi connectivity index (χ0v) is 12.1. The fourth-order valence-electron chi connectivity index (χ4n) is 2.58. The van der Waals surface area contributed by atoms with E-state index in [9.17, 15) is 4.79 Å². The molecule has 20 heavy (non-hydrogen) atoms. The Morgan fingerprint density at radius 2 is 2.50 bits per heavy atom. The summed E-state index contributed by atoms with van der Waals surface area (Å²) in [6.07, 6.45) is 10.2. The number of allylic oxidation sites excluding steroid dienone is 1. The first-order valence-electron chi connectivity index (χ1n) is 7.29. The largest absolute Gasteiger partial charge is 0.352 e. The van der Waals surface area contributed by atoms with Gasteiger partial charge in [0, 0.05) is 37.9 Å². The summed E-state index contributed by atoms with van der Waals surface area (Å²) in [7, 11) is 0. The molecular weight excluding hydrogens is 250 g/mol. The van der Waals surface area contributed by atoms with Gasteiger partial charge in [0.05, 0.1) is 0 Å². The number of hydrogen-bond acceptors (Lipinski definition) is 3. The van der Waals surface area contributed by atoms with Crippen LogP contribution in [0, 0.1) is 0 Å². The number of carbonyl (C=O) groups is 1. The molecule has 0 unspecified atom stereocenters. The highest BCUT2D eigenvalue weighted by Gasteiger charge is 2.20. The van der Waals surface area contributed by atoms with Crippen LogP contribution < -0.4 is 5.32 Å². The van der Waals surface area contributed by atoms with Crippen molar-refractivity contribution in [2.75, 3.05) is 13.1 Å². The van der Waals surface area contributed by atoms with Gasteiger partial charge in [0.15, 0.2) is 0 Å². The van der Waals surface area contributed by atoms with Gasteiger partial charge in [-0.1, -0.05) is 18.2 Å². The van der Waals surface area contributed by atoms with E-state index in [1.54, 1.807) is 6.20 Å². The summed E-state index contributed by atoms with van der Waals surface area (Å²) in [5.74, 6) is 0.122. The van der Waals surface area contributed by atoms with Crippen LogP contribution in [-0.4, -0.2) is 34.9 Å². The minimum Gasteiger partial charge on any atom is -0.352 e. The number of hydrogen-bond donors (Lipinski definition) is 1.